The number of benzene rings is 3. The van der Waals surface area contributed by atoms with E-state index in [0.29, 0.717) is 0 Å². The second-order valence-electron chi connectivity index (χ2n) is 7.83. The van der Waals surface area contributed by atoms with Gasteiger partial charge in [-0.15, -0.1) is 0 Å². The summed E-state index contributed by atoms with van der Waals surface area (Å²) in [6, 6.07) is 18.4. The number of hydrogen-bond donors (Lipinski definition) is 4. The lowest BCUT2D eigenvalue weighted by atomic mass is 9.98. The van der Waals surface area contributed by atoms with Gasteiger partial charge in [-0.05, 0) is 34.4 Å². The number of hydrogen-bond acceptors (Lipinski definition) is 5. The molecule has 0 heterocycles. The van der Waals surface area contributed by atoms with Gasteiger partial charge < -0.3 is 20.3 Å². The van der Waals surface area contributed by atoms with Crippen LogP contribution in [0.5, 0.6) is 0 Å². The van der Waals surface area contributed by atoms with E-state index in [0.717, 1.165) is 22.3 Å². The molecule has 4 rings (SSSR count). The van der Waals surface area contributed by atoms with Gasteiger partial charge in [0.15, 0.2) is 6.10 Å². The van der Waals surface area contributed by atoms with E-state index in [4.69, 9.17) is 33.0 Å². The van der Waals surface area contributed by atoms with Gasteiger partial charge in [0, 0.05) is 11.5 Å². The maximum Gasteiger partial charge on any atom is 0.411 e. The van der Waals surface area contributed by atoms with Crippen molar-refractivity contribution in [2.24, 2.45) is 0 Å². The van der Waals surface area contributed by atoms with Crippen molar-refractivity contribution in [1.82, 2.24) is 5.32 Å². The highest BCUT2D eigenvalue weighted by Crippen LogP contribution is 2.44. The van der Waals surface area contributed by atoms with Crippen molar-refractivity contribution in [3.8, 4) is 11.1 Å². The lowest BCUT2D eigenvalue weighted by Crippen LogP contribution is -2.36. The van der Waals surface area contributed by atoms with Crippen LogP contribution >= 0.6 is 23.2 Å². The van der Waals surface area contributed by atoms with Gasteiger partial charge in [0.2, 0.25) is 0 Å². The lowest BCUT2D eigenvalue weighted by Gasteiger charge is -2.16. The van der Waals surface area contributed by atoms with Crippen molar-refractivity contribution in [3.63, 3.8) is 0 Å². The van der Waals surface area contributed by atoms with Crippen LogP contribution in [-0.4, -0.2) is 47.4 Å². The standard InChI is InChI=1S/C25H20Cl2N2O6/c26-19-9-13(23(31)28-11-21(30)24(32)33)10-20(27)22(19)29-25(34)35-12-18-16-7-3-1-5-14(16)15-6-2-4-8-17(15)18/h1-10,18,21,30H,11-12H2,(H,28,31)(H,29,34)(H,32,33)/t21-/m0/s1. The number of rotatable bonds is 7. The quantitative estimate of drug-likeness (QED) is 0.367. The Balaban J connectivity index is 1.42. The number of aliphatic carboxylic acids is 1. The first-order valence-electron chi connectivity index (χ1n) is 10.6. The number of carbonyl (C=O) groups is 3. The highest BCUT2D eigenvalue weighted by Gasteiger charge is 2.29. The molecule has 35 heavy (non-hydrogen) atoms. The molecule has 0 saturated carbocycles. The molecule has 1 atom stereocenters. The molecule has 8 nitrogen and oxygen atoms in total. The van der Waals surface area contributed by atoms with Crippen molar-refractivity contribution in [3.05, 3.63) is 87.4 Å². The Hall–Kier alpha value is -3.59. The van der Waals surface area contributed by atoms with Gasteiger partial charge in [-0.3, -0.25) is 10.1 Å². The highest BCUT2D eigenvalue weighted by molar-refractivity contribution is 6.40. The molecule has 0 fully saturated rings. The average molecular weight is 515 g/mol. The molecule has 0 aliphatic heterocycles. The number of aliphatic hydroxyl groups excluding tert-OH is 1. The van der Waals surface area contributed by atoms with Gasteiger partial charge >= 0.3 is 12.1 Å². The molecular formula is C25H20Cl2N2O6. The van der Waals surface area contributed by atoms with Crippen LogP contribution in [0, 0.1) is 0 Å². The zero-order valence-corrected chi connectivity index (χ0v) is 19.6. The van der Waals surface area contributed by atoms with Crippen LogP contribution < -0.4 is 10.6 Å². The Morgan fingerprint density at radius 3 is 2.03 bits per heavy atom. The summed E-state index contributed by atoms with van der Waals surface area (Å²) >= 11 is 12.4. The summed E-state index contributed by atoms with van der Waals surface area (Å²) in [6.07, 6.45) is -2.52. The molecule has 2 amide bonds. The number of carboxylic acids is 1. The Morgan fingerprint density at radius 1 is 0.943 bits per heavy atom. The van der Waals surface area contributed by atoms with Gasteiger partial charge in [-0.2, -0.15) is 0 Å². The zero-order valence-electron chi connectivity index (χ0n) is 18.1. The van der Waals surface area contributed by atoms with Crippen LogP contribution in [0.25, 0.3) is 11.1 Å². The van der Waals surface area contributed by atoms with Crippen molar-refractivity contribution in [1.29, 1.82) is 0 Å². The molecule has 0 aromatic heterocycles. The molecule has 3 aromatic rings. The minimum Gasteiger partial charge on any atom is -0.479 e. The summed E-state index contributed by atoms with van der Waals surface area (Å²) in [6.45, 7) is -0.398. The number of anilines is 1. The molecule has 180 valence electrons. The molecule has 1 aliphatic rings. The first-order chi connectivity index (χ1) is 16.8. The average Bonchev–Trinajstić information content (AvgIpc) is 3.16. The van der Waals surface area contributed by atoms with E-state index >= 15 is 0 Å². The number of carbonyl (C=O) groups excluding carboxylic acids is 2. The normalized spacial score (nSPS) is 12.9. The van der Waals surface area contributed by atoms with E-state index in [1.165, 1.54) is 12.1 Å². The maximum atomic E-state index is 12.5. The summed E-state index contributed by atoms with van der Waals surface area (Å²) < 4.78 is 5.49. The monoisotopic (exact) mass is 514 g/mol. The van der Waals surface area contributed by atoms with E-state index in [-0.39, 0.29) is 33.8 Å². The van der Waals surface area contributed by atoms with E-state index in [2.05, 4.69) is 10.6 Å². The van der Waals surface area contributed by atoms with Crippen molar-refractivity contribution in [2.75, 3.05) is 18.5 Å². The smallest absolute Gasteiger partial charge is 0.411 e. The van der Waals surface area contributed by atoms with Crippen molar-refractivity contribution >= 4 is 46.9 Å². The van der Waals surface area contributed by atoms with Crippen molar-refractivity contribution < 1.29 is 29.3 Å². The molecule has 0 radical (unpaired) electrons. The predicted octanol–water partition coefficient (Wildman–Crippen LogP) is 4.53. The minimum atomic E-state index is -1.75. The minimum absolute atomic E-state index is 0.0186. The fourth-order valence-electron chi connectivity index (χ4n) is 3.94. The molecule has 1 aliphatic carbocycles. The van der Waals surface area contributed by atoms with Gasteiger partial charge in [-0.1, -0.05) is 71.7 Å². The third-order valence-corrected chi connectivity index (χ3v) is 6.21. The Bertz CT molecular complexity index is 1240. The Labute approximate surface area is 210 Å². The fraction of sp³-hybridized carbons (Fsp3) is 0.160. The molecule has 10 heteroatoms. The first-order valence-corrected chi connectivity index (χ1v) is 11.3. The summed E-state index contributed by atoms with van der Waals surface area (Å²) in [5.74, 6) is -2.28. The molecule has 0 saturated heterocycles. The molecule has 0 spiro atoms. The second-order valence-corrected chi connectivity index (χ2v) is 8.64. The Morgan fingerprint density at radius 2 is 1.49 bits per heavy atom. The number of nitrogens with one attached hydrogen (secondary N) is 2. The maximum absolute atomic E-state index is 12.5. The number of amides is 2. The van der Waals surface area contributed by atoms with Crippen molar-refractivity contribution in [2.45, 2.75) is 12.0 Å². The molecule has 3 aromatic carbocycles. The van der Waals surface area contributed by atoms with E-state index < -0.39 is 30.6 Å². The van der Waals surface area contributed by atoms with Crippen LogP contribution in [-0.2, 0) is 9.53 Å². The SMILES string of the molecule is O=C(Nc1c(Cl)cc(C(=O)NC[C@H](O)C(=O)O)cc1Cl)OCC1c2ccccc2-c2ccccc21. The van der Waals surface area contributed by atoms with Crippen LogP contribution in [0.3, 0.4) is 0 Å². The third-order valence-electron chi connectivity index (χ3n) is 5.62. The molecule has 4 N–H and O–H groups in total. The fourth-order valence-corrected chi connectivity index (χ4v) is 4.52. The van der Waals surface area contributed by atoms with Crippen LogP contribution in [0.4, 0.5) is 10.5 Å². The largest absolute Gasteiger partial charge is 0.479 e. The molecular weight excluding hydrogens is 495 g/mol. The van der Waals surface area contributed by atoms with Gasteiger partial charge in [0.05, 0.1) is 22.3 Å². The second kappa shape index (κ2) is 10.4. The zero-order chi connectivity index (χ0) is 25.1. The number of carboxylic acid groups (broad SMARTS) is 1. The number of fused-ring (bicyclic) bond motifs is 3. The summed E-state index contributed by atoms with van der Waals surface area (Å²) in [7, 11) is 0. The van der Waals surface area contributed by atoms with Crippen LogP contribution in [0.1, 0.15) is 27.4 Å². The van der Waals surface area contributed by atoms with Crippen LogP contribution in [0.2, 0.25) is 10.0 Å². The van der Waals surface area contributed by atoms with E-state index in [9.17, 15) is 19.5 Å². The number of halogens is 2. The van der Waals surface area contributed by atoms with Crippen LogP contribution in [0.15, 0.2) is 60.7 Å². The van der Waals surface area contributed by atoms with Gasteiger partial charge in [0.1, 0.15) is 6.61 Å². The topological polar surface area (TPSA) is 125 Å². The summed E-state index contributed by atoms with van der Waals surface area (Å²) in [4.78, 5) is 35.4. The van der Waals surface area contributed by atoms with E-state index in [1.807, 2.05) is 48.5 Å². The van der Waals surface area contributed by atoms with Gasteiger partial charge in [0.25, 0.3) is 5.91 Å². The lowest BCUT2D eigenvalue weighted by molar-refractivity contribution is -0.146. The summed E-state index contributed by atoms with van der Waals surface area (Å²) in [5.41, 5.74) is 4.44. The summed E-state index contributed by atoms with van der Waals surface area (Å²) in [5, 5.41) is 22.7. The third kappa shape index (κ3) is 5.24. The Kier molecular flexibility index (Phi) is 7.25. The van der Waals surface area contributed by atoms with E-state index in [1.54, 1.807) is 0 Å². The number of ether oxygens (including phenoxy) is 1. The molecule has 0 bridgehead atoms. The molecule has 0 unspecified atom stereocenters. The highest BCUT2D eigenvalue weighted by atomic mass is 35.5. The van der Waals surface area contributed by atoms with Gasteiger partial charge in [-0.25, -0.2) is 9.59 Å². The predicted molar refractivity (Wildman–Crippen MR) is 131 cm³/mol. The number of aliphatic hydroxyl groups is 1. The first kappa shape index (κ1) is 24.5.